The second kappa shape index (κ2) is 3.46. The molecule has 2 unspecified atom stereocenters. The minimum absolute atomic E-state index is 0.0610. The molecule has 3 rings (SSSR count). The number of hydrogen-bond acceptors (Lipinski definition) is 2. The smallest absolute Gasteiger partial charge is 0.237 e. The number of piperidine rings is 2. The number of carbonyl (C=O) groups excluding carboxylic acids is 1. The maximum absolute atomic E-state index is 11.3. The Morgan fingerprint density at radius 2 is 2.15 bits per heavy atom. The van der Waals surface area contributed by atoms with E-state index in [4.69, 9.17) is 16.3 Å². The first-order valence-electron chi connectivity index (χ1n) is 4.62. The Kier molecular flexibility index (Phi) is 2.47. The molecule has 2 atom stereocenters. The molecule has 1 saturated carbocycles. The van der Waals surface area contributed by atoms with Crippen molar-refractivity contribution in [3.05, 3.63) is 0 Å². The van der Waals surface area contributed by atoms with Crippen LogP contribution < -0.4 is 0 Å². The molecular formula is C9H14ClNO2. The van der Waals surface area contributed by atoms with Crippen LogP contribution in [0, 0.1) is 11.8 Å². The number of alkyl halides is 1. The molecule has 3 fully saturated rings. The van der Waals surface area contributed by atoms with Crippen LogP contribution in [0.3, 0.4) is 0 Å². The van der Waals surface area contributed by atoms with Crippen molar-refractivity contribution in [2.45, 2.75) is 12.5 Å². The van der Waals surface area contributed by atoms with Crippen LogP contribution in [0.25, 0.3) is 0 Å². The second-order valence-electron chi connectivity index (χ2n) is 3.89. The van der Waals surface area contributed by atoms with Crippen molar-refractivity contribution in [2.75, 3.05) is 26.1 Å². The Hall–Kier alpha value is -0.280. The first-order valence-corrected chi connectivity index (χ1v) is 5.16. The van der Waals surface area contributed by atoms with Gasteiger partial charge in [0, 0.05) is 32.0 Å². The zero-order chi connectivity index (χ0) is 9.42. The van der Waals surface area contributed by atoms with Crippen LogP contribution in [-0.2, 0) is 9.53 Å². The van der Waals surface area contributed by atoms with Crippen LogP contribution in [-0.4, -0.2) is 43.0 Å². The van der Waals surface area contributed by atoms with Crippen molar-refractivity contribution < 1.29 is 9.53 Å². The third-order valence-electron chi connectivity index (χ3n) is 3.18. The Bertz CT molecular complexity index is 210. The van der Waals surface area contributed by atoms with Gasteiger partial charge in [-0.1, -0.05) is 0 Å². The van der Waals surface area contributed by atoms with E-state index in [2.05, 4.69) is 0 Å². The quantitative estimate of drug-likeness (QED) is 0.619. The number of hydrogen-bond donors (Lipinski definition) is 0. The molecule has 0 aromatic carbocycles. The summed E-state index contributed by atoms with van der Waals surface area (Å²) in [4.78, 5) is 13.1. The SMILES string of the molecule is COC1C2CC1CN(C(=O)CCl)C2. The first-order chi connectivity index (χ1) is 6.26. The number of halogens is 1. The van der Waals surface area contributed by atoms with Crippen molar-refractivity contribution in [3.63, 3.8) is 0 Å². The molecule has 0 radical (unpaired) electrons. The van der Waals surface area contributed by atoms with Crippen molar-refractivity contribution >= 4 is 17.5 Å². The first kappa shape index (κ1) is 9.28. The molecule has 2 saturated heterocycles. The van der Waals surface area contributed by atoms with Gasteiger partial charge in [0.1, 0.15) is 5.88 Å². The highest BCUT2D eigenvalue weighted by molar-refractivity contribution is 6.27. The standard InChI is InChI=1S/C9H14ClNO2/c1-13-9-6-2-7(9)5-11(4-6)8(12)3-10/h6-7,9H,2-5H2,1H3. The van der Waals surface area contributed by atoms with E-state index in [1.54, 1.807) is 7.11 Å². The summed E-state index contributed by atoms with van der Waals surface area (Å²) < 4.78 is 5.34. The normalized spacial score (nSPS) is 37.1. The maximum atomic E-state index is 11.3. The van der Waals surface area contributed by atoms with Crippen LogP contribution in [0.2, 0.25) is 0 Å². The molecule has 2 aliphatic heterocycles. The fourth-order valence-electron chi connectivity index (χ4n) is 2.52. The van der Waals surface area contributed by atoms with Crippen LogP contribution in [0.1, 0.15) is 6.42 Å². The lowest BCUT2D eigenvalue weighted by atomic mass is 9.68. The number of methoxy groups -OCH3 is 1. The van der Waals surface area contributed by atoms with E-state index in [1.807, 2.05) is 4.90 Å². The topological polar surface area (TPSA) is 29.5 Å². The number of rotatable bonds is 2. The molecule has 74 valence electrons. The molecule has 2 heterocycles. The van der Waals surface area contributed by atoms with Gasteiger partial charge in [-0.05, 0) is 6.42 Å². The van der Waals surface area contributed by atoms with Crippen molar-refractivity contribution in [2.24, 2.45) is 11.8 Å². The molecule has 1 amide bonds. The fourth-order valence-corrected chi connectivity index (χ4v) is 2.69. The van der Waals surface area contributed by atoms with Crippen LogP contribution in [0.4, 0.5) is 0 Å². The summed E-state index contributed by atoms with van der Waals surface area (Å²) in [5.41, 5.74) is 0. The molecule has 3 aliphatic rings. The lowest BCUT2D eigenvalue weighted by Crippen LogP contribution is -2.60. The average molecular weight is 204 g/mol. The van der Waals surface area contributed by atoms with Gasteiger partial charge in [-0.15, -0.1) is 11.6 Å². The van der Waals surface area contributed by atoms with Crippen molar-refractivity contribution in [1.82, 2.24) is 4.90 Å². The highest BCUT2D eigenvalue weighted by atomic mass is 35.5. The summed E-state index contributed by atoms with van der Waals surface area (Å²) in [5.74, 6) is 1.27. The average Bonchev–Trinajstić information content (AvgIpc) is 2.17. The Balaban J connectivity index is 1.92. The molecule has 0 aromatic heterocycles. The highest BCUT2D eigenvalue weighted by Gasteiger charge is 2.47. The Labute approximate surface area is 83.0 Å². The van der Waals surface area contributed by atoms with E-state index >= 15 is 0 Å². The third kappa shape index (κ3) is 1.44. The van der Waals surface area contributed by atoms with Gasteiger partial charge >= 0.3 is 0 Å². The number of nitrogens with zero attached hydrogens (tertiary/aromatic N) is 1. The van der Waals surface area contributed by atoms with Gasteiger partial charge in [0.15, 0.2) is 0 Å². The number of amides is 1. The molecule has 2 bridgehead atoms. The lowest BCUT2D eigenvalue weighted by molar-refractivity contribution is -0.153. The van der Waals surface area contributed by atoms with Crippen LogP contribution >= 0.6 is 11.6 Å². The third-order valence-corrected chi connectivity index (χ3v) is 3.41. The lowest BCUT2D eigenvalue weighted by Gasteiger charge is -2.52. The zero-order valence-corrected chi connectivity index (χ0v) is 8.46. The Morgan fingerprint density at radius 1 is 1.54 bits per heavy atom. The summed E-state index contributed by atoms with van der Waals surface area (Å²) in [6, 6.07) is 0. The fraction of sp³-hybridized carbons (Fsp3) is 0.889. The van der Waals surface area contributed by atoms with Gasteiger partial charge in [0.25, 0.3) is 0 Å². The molecule has 0 N–H and O–H groups in total. The molecule has 3 nitrogen and oxygen atoms in total. The van der Waals surface area contributed by atoms with Gasteiger partial charge in [-0.25, -0.2) is 0 Å². The van der Waals surface area contributed by atoms with Crippen LogP contribution in [0.15, 0.2) is 0 Å². The van der Waals surface area contributed by atoms with Gasteiger partial charge < -0.3 is 9.64 Å². The van der Waals surface area contributed by atoms with E-state index < -0.39 is 0 Å². The number of carbonyl (C=O) groups is 1. The number of ether oxygens (including phenoxy) is 1. The van der Waals surface area contributed by atoms with Gasteiger partial charge in [0.2, 0.25) is 5.91 Å². The molecule has 1 aliphatic carbocycles. The predicted molar refractivity (Wildman–Crippen MR) is 49.7 cm³/mol. The van der Waals surface area contributed by atoms with Gasteiger partial charge in [0.05, 0.1) is 6.10 Å². The summed E-state index contributed by atoms with van der Waals surface area (Å²) in [6.45, 7) is 1.67. The molecule has 0 spiro atoms. The Morgan fingerprint density at radius 3 is 2.62 bits per heavy atom. The predicted octanol–water partition coefficient (Wildman–Crippen LogP) is 0.718. The van der Waals surface area contributed by atoms with Gasteiger partial charge in [-0.2, -0.15) is 0 Å². The van der Waals surface area contributed by atoms with E-state index in [9.17, 15) is 4.79 Å². The summed E-state index contributed by atoms with van der Waals surface area (Å²) in [7, 11) is 1.75. The minimum Gasteiger partial charge on any atom is -0.381 e. The van der Waals surface area contributed by atoms with E-state index in [0.29, 0.717) is 17.9 Å². The molecule has 13 heavy (non-hydrogen) atoms. The molecular weight excluding hydrogens is 190 g/mol. The molecule has 0 aromatic rings. The van der Waals surface area contributed by atoms with Gasteiger partial charge in [-0.3, -0.25) is 4.79 Å². The molecule has 4 heteroatoms. The summed E-state index contributed by atoms with van der Waals surface area (Å²) in [6.07, 6.45) is 1.60. The highest BCUT2D eigenvalue weighted by Crippen LogP contribution is 2.41. The van der Waals surface area contributed by atoms with Crippen molar-refractivity contribution in [1.29, 1.82) is 0 Å². The van der Waals surface area contributed by atoms with E-state index in [1.165, 1.54) is 6.42 Å². The number of fused-ring (bicyclic) bond motifs is 2. The summed E-state index contributed by atoms with van der Waals surface area (Å²) in [5, 5.41) is 0. The monoisotopic (exact) mass is 203 g/mol. The van der Waals surface area contributed by atoms with Crippen LogP contribution in [0.5, 0.6) is 0 Å². The van der Waals surface area contributed by atoms with E-state index in [0.717, 1.165) is 13.1 Å². The zero-order valence-electron chi connectivity index (χ0n) is 7.70. The van der Waals surface area contributed by atoms with Crippen molar-refractivity contribution in [3.8, 4) is 0 Å². The second-order valence-corrected chi connectivity index (χ2v) is 4.16. The maximum Gasteiger partial charge on any atom is 0.237 e. The minimum atomic E-state index is 0.0610. The largest absolute Gasteiger partial charge is 0.381 e. The summed E-state index contributed by atoms with van der Waals surface area (Å²) >= 11 is 5.50. The van der Waals surface area contributed by atoms with E-state index in [-0.39, 0.29) is 11.8 Å².